The third-order valence-corrected chi connectivity index (χ3v) is 9.57. The van der Waals surface area contributed by atoms with Gasteiger partial charge in [-0.15, -0.1) is 11.3 Å². The zero-order valence-electron chi connectivity index (χ0n) is 23.2. The van der Waals surface area contributed by atoms with E-state index >= 15 is 0 Å². The van der Waals surface area contributed by atoms with Gasteiger partial charge in [0.15, 0.2) is 5.58 Å². The van der Waals surface area contributed by atoms with Crippen molar-refractivity contribution in [3.8, 4) is 11.1 Å². The van der Waals surface area contributed by atoms with E-state index in [9.17, 15) is 0 Å². The highest BCUT2D eigenvalue weighted by molar-refractivity contribution is 7.26. The van der Waals surface area contributed by atoms with E-state index in [1.165, 1.54) is 42.1 Å². The largest absolute Gasteiger partial charge is 0.454 e. The summed E-state index contributed by atoms with van der Waals surface area (Å²) in [5.74, 6) is 0. The molecule has 0 aliphatic rings. The van der Waals surface area contributed by atoms with E-state index in [0.29, 0.717) is 0 Å². The molecule has 2 nitrogen and oxygen atoms in total. The molecular formula is C40H25NOS. The molecule has 9 aromatic rings. The van der Waals surface area contributed by atoms with Gasteiger partial charge >= 0.3 is 0 Å². The van der Waals surface area contributed by atoms with Gasteiger partial charge in [-0.1, -0.05) is 103 Å². The molecule has 7 aromatic carbocycles. The zero-order valence-corrected chi connectivity index (χ0v) is 24.0. The molecule has 0 radical (unpaired) electrons. The molecule has 0 fully saturated rings. The maximum Gasteiger partial charge on any atom is 0.159 e. The van der Waals surface area contributed by atoms with Crippen molar-refractivity contribution in [1.82, 2.24) is 0 Å². The smallest absolute Gasteiger partial charge is 0.159 e. The zero-order chi connectivity index (χ0) is 28.3. The Morgan fingerprint density at radius 2 is 1.16 bits per heavy atom. The second-order valence-corrected chi connectivity index (χ2v) is 12.0. The Morgan fingerprint density at radius 1 is 0.465 bits per heavy atom. The van der Waals surface area contributed by atoms with E-state index in [1.807, 2.05) is 17.4 Å². The molecule has 0 unspecified atom stereocenters. The molecule has 0 amide bonds. The van der Waals surface area contributed by atoms with Gasteiger partial charge in [0.25, 0.3) is 0 Å². The molecule has 0 bridgehead atoms. The fourth-order valence-electron chi connectivity index (χ4n) is 6.44. The molecule has 0 spiro atoms. The molecule has 9 rings (SSSR count). The number of fused-ring (bicyclic) bond motifs is 7. The van der Waals surface area contributed by atoms with Crippen LogP contribution in [-0.4, -0.2) is 0 Å². The number of thiophene rings is 1. The van der Waals surface area contributed by atoms with Gasteiger partial charge in [-0.05, 0) is 70.4 Å². The molecule has 0 atom stereocenters. The van der Waals surface area contributed by atoms with Crippen molar-refractivity contribution in [3.63, 3.8) is 0 Å². The van der Waals surface area contributed by atoms with E-state index in [1.54, 1.807) is 0 Å². The second kappa shape index (κ2) is 9.59. The van der Waals surface area contributed by atoms with Crippen LogP contribution in [0.2, 0.25) is 0 Å². The molecule has 0 saturated heterocycles. The Kier molecular flexibility index (Phi) is 5.40. The van der Waals surface area contributed by atoms with Crippen molar-refractivity contribution < 1.29 is 4.42 Å². The standard InChI is InChI=1S/C40H25NOS/c1-2-10-26(11-3-1)27-20-21-29-25-30(23-22-28(29)24-27)41(34-15-9-19-38-39(34)33-13-5-7-18-37(33)43-38)35-16-8-14-32-31-12-4-6-17-36(31)42-40(32)35/h1-25H. The first-order valence-corrected chi connectivity index (χ1v) is 15.3. The van der Waals surface area contributed by atoms with E-state index in [2.05, 4.69) is 150 Å². The van der Waals surface area contributed by atoms with Gasteiger partial charge in [-0.25, -0.2) is 0 Å². The molecule has 0 aliphatic heterocycles. The highest BCUT2D eigenvalue weighted by Gasteiger charge is 2.22. The summed E-state index contributed by atoms with van der Waals surface area (Å²) in [7, 11) is 0. The number of benzene rings is 7. The Bertz CT molecular complexity index is 2470. The van der Waals surface area contributed by atoms with Gasteiger partial charge < -0.3 is 9.32 Å². The van der Waals surface area contributed by atoms with Crippen molar-refractivity contribution in [1.29, 1.82) is 0 Å². The Balaban J connectivity index is 1.32. The van der Waals surface area contributed by atoms with Crippen LogP contribution in [0.1, 0.15) is 0 Å². The van der Waals surface area contributed by atoms with E-state index < -0.39 is 0 Å². The Labute approximate surface area is 252 Å². The number of para-hydroxylation sites is 2. The minimum absolute atomic E-state index is 0.889. The van der Waals surface area contributed by atoms with E-state index in [0.717, 1.165) is 39.0 Å². The molecular weight excluding hydrogens is 543 g/mol. The minimum Gasteiger partial charge on any atom is -0.454 e. The molecule has 2 heterocycles. The lowest BCUT2D eigenvalue weighted by Crippen LogP contribution is -2.10. The lowest BCUT2D eigenvalue weighted by Gasteiger charge is -2.27. The fourth-order valence-corrected chi connectivity index (χ4v) is 7.57. The van der Waals surface area contributed by atoms with Crippen molar-refractivity contribution in [2.75, 3.05) is 4.90 Å². The predicted octanol–water partition coefficient (Wildman–Crippen LogP) is 12.2. The number of hydrogen-bond donors (Lipinski definition) is 0. The monoisotopic (exact) mass is 567 g/mol. The predicted molar refractivity (Wildman–Crippen MR) is 184 cm³/mol. The second-order valence-electron chi connectivity index (χ2n) is 10.9. The van der Waals surface area contributed by atoms with Gasteiger partial charge in [0.05, 0.1) is 11.4 Å². The van der Waals surface area contributed by atoms with Crippen LogP contribution < -0.4 is 4.90 Å². The fraction of sp³-hybridized carbons (Fsp3) is 0. The number of hydrogen-bond acceptors (Lipinski definition) is 3. The van der Waals surface area contributed by atoms with Crippen LogP contribution in [0.4, 0.5) is 17.1 Å². The van der Waals surface area contributed by atoms with Crippen LogP contribution in [0.15, 0.2) is 156 Å². The third kappa shape index (κ3) is 3.86. The Morgan fingerprint density at radius 3 is 2.09 bits per heavy atom. The number of rotatable bonds is 4. The third-order valence-electron chi connectivity index (χ3n) is 8.44. The molecule has 43 heavy (non-hydrogen) atoms. The molecule has 0 N–H and O–H groups in total. The normalized spacial score (nSPS) is 11.7. The van der Waals surface area contributed by atoms with Crippen LogP contribution in [0.5, 0.6) is 0 Å². The maximum atomic E-state index is 6.60. The number of anilines is 3. The first-order chi connectivity index (χ1) is 21.3. The van der Waals surface area contributed by atoms with Crippen molar-refractivity contribution in [2.24, 2.45) is 0 Å². The van der Waals surface area contributed by atoms with Crippen LogP contribution in [0.25, 0.3) is 64.0 Å². The van der Waals surface area contributed by atoms with Gasteiger partial charge in [-0.3, -0.25) is 0 Å². The molecule has 0 saturated carbocycles. The average Bonchev–Trinajstić information content (AvgIpc) is 3.64. The van der Waals surface area contributed by atoms with Gasteiger partial charge in [0.2, 0.25) is 0 Å². The first-order valence-electron chi connectivity index (χ1n) is 14.5. The quantitative estimate of drug-likeness (QED) is 0.210. The van der Waals surface area contributed by atoms with Crippen LogP contribution >= 0.6 is 11.3 Å². The van der Waals surface area contributed by atoms with Crippen LogP contribution in [-0.2, 0) is 0 Å². The molecule has 3 heteroatoms. The highest BCUT2D eigenvalue weighted by Crippen LogP contribution is 2.47. The topological polar surface area (TPSA) is 16.4 Å². The number of nitrogens with zero attached hydrogens (tertiary/aromatic N) is 1. The summed E-state index contributed by atoms with van der Waals surface area (Å²) in [6, 6.07) is 54.3. The van der Waals surface area contributed by atoms with Crippen molar-refractivity contribution >= 4 is 81.3 Å². The summed E-state index contributed by atoms with van der Waals surface area (Å²) in [5.41, 5.74) is 7.49. The Hall–Kier alpha value is -5.38. The lowest BCUT2D eigenvalue weighted by atomic mass is 10.0. The lowest BCUT2D eigenvalue weighted by molar-refractivity contribution is 0.669. The van der Waals surface area contributed by atoms with Gasteiger partial charge in [-0.2, -0.15) is 0 Å². The summed E-state index contributed by atoms with van der Waals surface area (Å²) < 4.78 is 9.16. The summed E-state index contributed by atoms with van der Waals surface area (Å²) in [4.78, 5) is 2.39. The molecule has 202 valence electrons. The maximum absolute atomic E-state index is 6.60. The van der Waals surface area contributed by atoms with Crippen molar-refractivity contribution in [3.05, 3.63) is 152 Å². The summed E-state index contributed by atoms with van der Waals surface area (Å²) >= 11 is 1.84. The molecule has 2 aromatic heterocycles. The summed E-state index contributed by atoms with van der Waals surface area (Å²) in [5, 5.41) is 7.19. The van der Waals surface area contributed by atoms with Crippen molar-refractivity contribution in [2.45, 2.75) is 0 Å². The average molecular weight is 568 g/mol. The van der Waals surface area contributed by atoms with E-state index in [4.69, 9.17) is 4.42 Å². The SMILES string of the molecule is c1ccc(-c2ccc3cc(N(c4cccc5c4oc4ccccc45)c4cccc5sc6ccccc6c45)ccc3c2)cc1. The van der Waals surface area contributed by atoms with Crippen LogP contribution in [0, 0.1) is 0 Å². The number of furan rings is 1. The van der Waals surface area contributed by atoms with Crippen LogP contribution in [0.3, 0.4) is 0 Å². The summed E-state index contributed by atoms with van der Waals surface area (Å²) in [6.07, 6.45) is 0. The summed E-state index contributed by atoms with van der Waals surface area (Å²) in [6.45, 7) is 0. The highest BCUT2D eigenvalue weighted by atomic mass is 32.1. The van der Waals surface area contributed by atoms with Gasteiger partial charge in [0.1, 0.15) is 5.58 Å². The minimum atomic E-state index is 0.889. The van der Waals surface area contributed by atoms with Gasteiger partial charge in [0, 0.05) is 36.6 Å². The first kappa shape index (κ1) is 24.2. The molecule has 0 aliphatic carbocycles. The van der Waals surface area contributed by atoms with E-state index in [-0.39, 0.29) is 0 Å².